The van der Waals surface area contributed by atoms with Crippen LogP contribution < -0.4 is 0 Å². The van der Waals surface area contributed by atoms with E-state index >= 15 is 0 Å². The van der Waals surface area contributed by atoms with Crippen molar-refractivity contribution in [2.45, 2.75) is 248 Å². The number of halogens is 14. The summed E-state index contributed by atoms with van der Waals surface area (Å²) in [6.45, 7) is 5.94. The van der Waals surface area contributed by atoms with Crippen LogP contribution in [0.3, 0.4) is 0 Å². The molecule has 5 fully saturated rings. The molecule has 5 saturated carbocycles. The first-order valence-electron chi connectivity index (χ1n) is 48.8. The fourth-order valence-electron chi connectivity index (χ4n) is 17.1. The van der Waals surface area contributed by atoms with Gasteiger partial charge < -0.3 is 0 Å². The zero-order chi connectivity index (χ0) is 107. The Labute approximate surface area is 926 Å². The summed E-state index contributed by atoms with van der Waals surface area (Å²) in [7, 11) is 0. The van der Waals surface area contributed by atoms with E-state index in [9.17, 15) is 64.3 Å². The first-order valence-corrected chi connectivity index (χ1v) is 56.9. The molecule has 784 valence electrons. The molecule has 0 amide bonds. The van der Waals surface area contributed by atoms with Gasteiger partial charge in [0.15, 0.2) is 40.5 Å². The maximum absolute atomic E-state index is 13.8. The number of hydrogen-bond donors (Lipinski definition) is 0. The molecule has 150 heavy (non-hydrogen) atoms. The van der Waals surface area contributed by atoms with Crippen LogP contribution in [0.25, 0.3) is 11.3 Å². The Balaban J connectivity index is 0.000000138. The van der Waals surface area contributed by atoms with E-state index in [1.807, 2.05) is 51.1 Å². The van der Waals surface area contributed by atoms with Gasteiger partial charge in [-0.15, -0.1) is 35.7 Å². The number of nitrogens with zero attached hydrogens (tertiary/aromatic N) is 14. The number of benzene rings is 8. The standard InChI is InChI=1S/C17H18ClFN2OS.C17H12ClFN2OS.C16H16ClFN2OS.C15H14ClFN2OS.C15H16ClFN2OS.C14H12Cl2N2OS.C14H12F2N2OS/c2*18-13-7-4-8-14(19)12(13)9-10-15(22)17-16(20-21-23-17)11-5-2-1-3-6-11;17-12-6-3-7-13(18)11(12)8-9-14(21)16-15(19-20-22-16)10-4-1-2-5-10;16-11-5-2-6-12(17)10(11)7-8-13(20)15-14(18-19-21-15)9-3-1-4-9;1-15(2,3)14-13(21-19-18-14)12(20)8-7-9-10(16)5-4-6-11(9)17;2*15-10-2-1-3-11(16)9(10)6-7-12(19)14-13(8-4-5-8)17-18-20-14/h4,7-8,11H,1-3,5-6,9-10H2;1-8H,9-10H2;3,6-7,10H,1-2,4-5,8-9H2;2,5-6,9H,1,3-4,7-8H2;4-6H,7-8H2,1-3H3;2*1-3,8H,4-7H2. The highest BCUT2D eigenvalue weighted by atomic mass is 35.5. The summed E-state index contributed by atoms with van der Waals surface area (Å²) in [5.74, 6) is -1.51. The molecule has 0 N–H and O–H groups in total. The minimum Gasteiger partial charge on any atom is -0.293 e. The third-order valence-electron chi connectivity index (χ3n) is 25.9. The van der Waals surface area contributed by atoms with Crippen molar-refractivity contribution in [1.82, 2.24) is 67.1 Å². The molecule has 15 aromatic rings. The maximum Gasteiger partial charge on any atom is 0.177 e. The van der Waals surface area contributed by atoms with Crippen molar-refractivity contribution >= 4 is 202 Å². The lowest BCUT2D eigenvalue weighted by molar-refractivity contribution is 0.0976. The van der Waals surface area contributed by atoms with Crippen molar-refractivity contribution in [2.75, 3.05) is 0 Å². The van der Waals surface area contributed by atoms with Gasteiger partial charge in [0.05, 0.1) is 34.2 Å². The van der Waals surface area contributed by atoms with E-state index in [0.29, 0.717) is 170 Å². The molecule has 0 radical (unpaired) electrons. The Kier molecular flexibility index (Phi) is 43.2. The number of ketones is 7. The number of rotatable bonds is 34. The van der Waals surface area contributed by atoms with Crippen molar-refractivity contribution in [3.05, 3.63) is 341 Å². The van der Waals surface area contributed by atoms with Crippen LogP contribution in [0, 0.1) is 40.7 Å². The molecule has 0 saturated heterocycles. The lowest BCUT2D eigenvalue weighted by Gasteiger charge is -2.23. The normalized spacial score (nSPS) is 13.9. The number of aromatic nitrogens is 14. The molecule has 0 spiro atoms. The Morgan fingerprint density at radius 1 is 0.247 bits per heavy atom. The van der Waals surface area contributed by atoms with Crippen LogP contribution in [0.4, 0.5) is 30.7 Å². The van der Waals surface area contributed by atoms with Gasteiger partial charge in [-0.1, -0.05) is 245 Å². The summed E-state index contributed by atoms with van der Waals surface area (Å²) >= 11 is 50.0. The summed E-state index contributed by atoms with van der Waals surface area (Å²) < 4.78 is 123. The molecule has 0 unspecified atom stereocenters. The second kappa shape index (κ2) is 56.2. The summed E-state index contributed by atoms with van der Waals surface area (Å²) in [4.78, 5) is 90.7. The van der Waals surface area contributed by atoms with E-state index in [0.717, 1.165) is 173 Å². The average molecular weight is 2310 g/mol. The molecule has 7 aromatic heterocycles. The maximum atomic E-state index is 13.8. The van der Waals surface area contributed by atoms with Gasteiger partial charge in [0, 0.05) is 154 Å². The topological polar surface area (TPSA) is 300 Å². The number of hydrogen-bond acceptors (Lipinski definition) is 28. The Morgan fingerprint density at radius 2 is 0.467 bits per heavy atom. The van der Waals surface area contributed by atoms with E-state index in [1.54, 1.807) is 78.9 Å². The van der Waals surface area contributed by atoms with E-state index in [1.165, 1.54) is 98.6 Å². The zero-order valence-electron chi connectivity index (χ0n) is 81.4. The summed E-state index contributed by atoms with van der Waals surface area (Å²) in [5, 5.41) is 31.6. The van der Waals surface area contributed by atoms with Gasteiger partial charge in [-0.05, 0) is 280 Å². The van der Waals surface area contributed by atoms with Crippen molar-refractivity contribution < 1.29 is 64.3 Å². The highest BCUT2D eigenvalue weighted by Gasteiger charge is 2.36. The average Bonchev–Trinajstić information content (AvgIpc) is 1.66. The van der Waals surface area contributed by atoms with Gasteiger partial charge in [-0.25, -0.2) is 30.7 Å². The third kappa shape index (κ3) is 31.6. The van der Waals surface area contributed by atoms with Crippen LogP contribution in [-0.4, -0.2) is 108 Å². The third-order valence-corrected chi connectivity index (χ3v) is 33.8. The molecule has 0 bridgehead atoms. The highest BCUT2D eigenvalue weighted by Crippen LogP contribution is 2.46. The van der Waals surface area contributed by atoms with Crippen LogP contribution in [0.5, 0.6) is 0 Å². The summed E-state index contributed by atoms with van der Waals surface area (Å²) in [6.07, 6.45) is 21.4. The molecule has 7 heterocycles. The van der Waals surface area contributed by atoms with E-state index in [2.05, 4.69) is 67.1 Å². The Hall–Kier alpha value is -10.1. The lowest BCUT2D eigenvalue weighted by atomic mass is 9.82. The second-order valence-corrected chi connectivity index (χ2v) is 45.4. The van der Waals surface area contributed by atoms with Crippen LogP contribution in [0.1, 0.15) is 339 Å². The first-order chi connectivity index (χ1) is 72.3. The van der Waals surface area contributed by atoms with Gasteiger partial charge >= 0.3 is 0 Å². The number of carbonyl (C=O) groups is 7. The predicted octanol–water partition coefficient (Wildman–Crippen LogP) is 31.7. The van der Waals surface area contributed by atoms with E-state index in [-0.39, 0.29) is 133 Å². The van der Waals surface area contributed by atoms with Crippen LogP contribution in [0.15, 0.2) is 158 Å². The van der Waals surface area contributed by atoms with Crippen molar-refractivity contribution in [3.63, 3.8) is 0 Å². The highest BCUT2D eigenvalue weighted by molar-refractivity contribution is 7.10. The van der Waals surface area contributed by atoms with Crippen LogP contribution in [-0.2, 0) is 50.4 Å². The van der Waals surface area contributed by atoms with Gasteiger partial charge in [-0.3, -0.25) is 33.6 Å². The van der Waals surface area contributed by atoms with Gasteiger partial charge in [0.2, 0.25) is 0 Å². The van der Waals surface area contributed by atoms with Crippen LogP contribution in [0.2, 0.25) is 35.2 Å². The molecule has 42 heteroatoms. The second-order valence-electron chi connectivity index (χ2n) is 37.3. The molecule has 21 nitrogen and oxygen atoms in total. The molecule has 20 rings (SSSR count). The first kappa shape index (κ1) is 115. The fourth-order valence-corrected chi connectivity index (χ4v) is 24.1. The fraction of sp³-hybridized carbons (Fsp3) is 0.361. The Morgan fingerprint density at radius 3 is 0.753 bits per heavy atom. The zero-order valence-corrected chi connectivity index (χ0v) is 92.4. The molecule has 5 aliphatic carbocycles. The predicted molar refractivity (Wildman–Crippen MR) is 580 cm³/mol. The minimum absolute atomic E-state index is 0.0140. The van der Waals surface area contributed by atoms with Gasteiger partial charge in [0.25, 0.3) is 0 Å². The molecule has 8 aromatic carbocycles. The summed E-state index contributed by atoms with van der Waals surface area (Å²) in [6, 6.07) is 41.2. The van der Waals surface area contributed by atoms with E-state index < -0.39 is 17.5 Å². The smallest absolute Gasteiger partial charge is 0.177 e. The largest absolute Gasteiger partial charge is 0.293 e. The number of Topliss-reactive ketones (excluding diaryl/α,β-unsaturated/α-hetero) is 7. The minimum atomic E-state index is -0.609. The number of carbonyl (C=O) groups excluding carboxylic acids is 7. The monoisotopic (exact) mass is 2310 g/mol. The molecular weight excluding hydrogens is 2210 g/mol. The van der Waals surface area contributed by atoms with Gasteiger partial charge in [-0.2, -0.15) is 0 Å². The van der Waals surface area contributed by atoms with Crippen molar-refractivity contribution in [2.24, 2.45) is 0 Å². The Bertz CT molecular complexity index is 6950. The van der Waals surface area contributed by atoms with Crippen molar-refractivity contribution in [3.8, 4) is 11.3 Å². The van der Waals surface area contributed by atoms with Crippen molar-refractivity contribution in [1.29, 1.82) is 0 Å². The van der Waals surface area contributed by atoms with E-state index in [4.69, 9.17) is 81.2 Å². The molecular formula is C108H100Cl7F7N14O7S7. The lowest BCUT2D eigenvalue weighted by Crippen LogP contribution is -2.16. The SMILES string of the molecule is CC(C)(C)c1nnsc1C(=O)CCc1c(F)cccc1Cl.O=C(CCc1c(Cl)cccc1Cl)c1snnc1C1CC1.O=C(CCc1c(F)cccc1Cl)c1snnc1-c1ccccc1.O=C(CCc1c(F)cccc1Cl)c1snnc1C1CCC1.O=C(CCc1c(F)cccc1Cl)c1snnc1C1CCCC1.O=C(CCc1c(F)cccc1Cl)c1snnc1C1CCCCC1.O=C(CCc1c(F)cccc1F)c1snnc1C1CC1. The quantitative estimate of drug-likeness (QED) is 0.0267. The van der Waals surface area contributed by atoms with Crippen LogP contribution >= 0.6 is 162 Å². The van der Waals surface area contributed by atoms with Gasteiger partial charge in [0.1, 0.15) is 80.6 Å². The molecule has 0 aliphatic heterocycles. The molecule has 5 aliphatic rings. The molecule has 0 atom stereocenters. The summed E-state index contributed by atoms with van der Waals surface area (Å²) in [5.41, 5.74) is 8.75.